The Hall–Kier alpha value is -3.88. The van der Waals surface area contributed by atoms with Crippen molar-refractivity contribution < 1.29 is 4.79 Å². The van der Waals surface area contributed by atoms with Crippen LogP contribution in [0.3, 0.4) is 0 Å². The summed E-state index contributed by atoms with van der Waals surface area (Å²) < 4.78 is 3.15. The summed E-state index contributed by atoms with van der Waals surface area (Å²) in [6, 6.07) is 9.74. The molecule has 2 heterocycles. The van der Waals surface area contributed by atoms with Gasteiger partial charge in [-0.3, -0.25) is 19.1 Å². The lowest BCUT2D eigenvalue weighted by molar-refractivity contribution is -0.114. The molecule has 0 spiro atoms. The van der Waals surface area contributed by atoms with Gasteiger partial charge in [0.25, 0.3) is 11.5 Å². The number of para-hydroxylation sites is 1. The molecule has 3 aromatic rings. The molecule has 0 fully saturated rings. The van der Waals surface area contributed by atoms with E-state index in [2.05, 4.69) is 10.1 Å². The summed E-state index contributed by atoms with van der Waals surface area (Å²) in [5.41, 5.74) is 8.40. The monoisotopic (exact) mass is 464 g/mol. The zero-order valence-electron chi connectivity index (χ0n) is 20.2. The maximum absolute atomic E-state index is 13.2. The van der Waals surface area contributed by atoms with E-state index in [9.17, 15) is 14.4 Å². The van der Waals surface area contributed by atoms with E-state index < -0.39 is 17.2 Å². The molecule has 34 heavy (non-hydrogen) atoms. The second-order valence-electron chi connectivity index (χ2n) is 8.15. The van der Waals surface area contributed by atoms with Crippen LogP contribution < -0.4 is 21.9 Å². The van der Waals surface area contributed by atoms with Crippen molar-refractivity contribution in [1.82, 2.24) is 19.3 Å². The molecule has 1 aromatic carbocycles. The van der Waals surface area contributed by atoms with E-state index in [-0.39, 0.29) is 18.1 Å². The molecule has 9 heteroatoms. The van der Waals surface area contributed by atoms with Crippen LogP contribution in [-0.2, 0) is 11.3 Å². The summed E-state index contributed by atoms with van der Waals surface area (Å²) in [5.74, 6) is -0.396. The molecule has 9 nitrogen and oxygen atoms in total. The zero-order valence-corrected chi connectivity index (χ0v) is 20.2. The van der Waals surface area contributed by atoms with E-state index in [1.807, 2.05) is 62.7 Å². The van der Waals surface area contributed by atoms with Gasteiger partial charge in [0.05, 0.1) is 11.4 Å². The van der Waals surface area contributed by atoms with E-state index in [0.717, 1.165) is 35.5 Å². The minimum Gasteiger partial charge on any atom is -0.383 e. The van der Waals surface area contributed by atoms with Crippen LogP contribution >= 0.6 is 0 Å². The van der Waals surface area contributed by atoms with Gasteiger partial charge in [0.15, 0.2) is 5.69 Å². The molecule has 0 aliphatic rings. The van der Waals surface area contributed by atoms with Crippen molar-refractivity contribution in [3.63, 3.8) is 0 Å². The van der Waals surface area contributed by atoms with Crippen LogP contribution in [0.1, 0.15) is 50.1 Å². The molecule has 0 aliphatic heterocycles. The summed E-state index contributed by atoms with van der Waals surface area (Å²) in [4.78, 5) is 41.8. The van der Waals surface area contributed by atoms with E-state index in [1.54, 1.807) is 6.08 Å². The molecule has 1 amide bonds. The predicted molar refractivity (Wildman–Crippen MR) is 135 cm³/mol. The number of aryl methyl sites for hydroxylation is 1. The van der Waals surface area contributed by atoms with Crippen molar-refractivity contribution in [2.24, 2.45) is 0 Å². The standard InChI is InChI=1S/C25H32N6O3/c1-5-7-16-30-23(26)22(24(33)27-25(30)34)29(15-6-2)21(32)14-13-20-17(3)28-31(18(20)4)19-11-9-8-10-12-19/h8-14H,5-7,15-16,26H2,1-4H3,(H,27,33,34). The van der Waals surface area contributed by atoms with Gasteiger partial charge < -0.3 is 10.6 Å². The van der Waals surface area contributed by atoms with E-state index in [1.165, 1.54) is 15.5 Å². The number of carbonyl (C=O) groups is 1. The maximum atomic E-state index is 13.2. The molecule has 0 bridgehead atoms. The second-order valence-corrected chi connectivity index (χ2v) is 8.15. The number of amides is 1. The third kappa shape index (κ3) is 5.03. The Labute approximate surface area is 198 Å². The first-order valence-corrected chi connectivity index (χ1v) is 11.5. The minimum absolute atomic E-state index is 0.000581. The molecule has 2 aromatic heterocycles. The fourth-order valence-corrected chi connectivity index (χ4v) is 3.89. The zero-order chi connectivity index (χ0) is 24.8. The van der Waals surface area contributed by atoms with Gasteiger partial charge in [0.1, 0.15) is 5.82 Å². The molecule has 180 valence electrons. The largest absolute Gasteiger partial charge is 0.383 e. The number of benzene rings is 1. The molecular formula is C25H32N6O3. The SMILES string of the molecule is CCCCn1c(N)c(N(CCC)C(=O)C=Cc2c(C)nn(-c3ccccc3)c2C)c(=O)[nH]c1=O. The fraction of sp³-hybridized carbons (Fsp3) is 0.360. The molecule has 0 unspecified atom stereocenters. The molecule has 3 rings (SSSR count). The molecule has 0 aliphatic carbocycles. The smallest absolute Gasteiger partial charge is 0.330 e. The van der Waals surface area contributed by atoms with Gasteiger partial charge in [0.2, 0.25) is 0 Å². The van der Waals surface area contributed by atoms with Crippen LogP contribution in [0.5, 0.6) is 0 Å². The van der Waals surface area contributed by atoms with Gasteiger partial charge in [-0.15, -0.1) is 0 Å². The predicted octanol–water partition coefficient (Wildman–Crippen LogP) is 3.18. The van der Waals surface area contributed by atoms with Crippen LogP contribution in [0, 0.1) is 13.8 Å². The van der Waals surface area contributed by atoms with Crippen molar-refractivity contribution in [3.8, 4) is 5.69 Å². The summed E-state index contributed by atoms with van der Waals surface area (Å²) in [5, 5.41) is 4.60. The van der Waals surface area contributed by atoms with Gasteiger partial charge in [-0.05, 0) is 44.9 Å². The van der Waals surface area contributed by atoms with Crippen LogP contribution in [0.15, 0.2) is 46.0 Å². The van der Waals surface area contributed by atoms with E-state index in [0.29, 0.717) is 13.0 Å². The number of hydrogen-bond donors (Lipinski definition) is 2. The normalized spacial score (nSPS) is 11.3. The molecule has 0 radical (unpaired) electrons. The summed E-state index contributed by atoms with van der Waals surface area (Å²) in [6.07, 6.45) is 5.32. The lowest BCUT2D eigenvalue weighted by atomic mass is 10.1. The Kier molecular flexibility index (Phi) is 7.88. The summed E-state index contributed by atoms with van der Waals surface area (Å²) in [6.45, 7) is 8.37. The third-order valence-electron chi connectivity index (χ3n) is 5.67. The summed E-state index contributed by atoms with van der Waals surface area (Å²) >= 11 is 0. The highest BCUT2D eigenvalue weighted by Gasteiger charge is 2.22. The first-order chi connectivity index (χ1) is 16.3. The number of anilines is 2. The van der Waals surface area contributed by atoms with Crippen molar-refractivity contribution in [3.05, 3.63) is 74.2 Å². The number of carbonyl (C=O) groups excluding carboxylic acids is 1. The highest BCUT2D eigenvalue weighted by atomic mass is 16.2. The number of nitrogens with two attached hydrogens (primary N) is 1. The molecular weight excluding hydrogens is 432 g/mol. The molecule has 0 atom stereocenters. The van der Waals surface area contributed by atoms with E-state index >= 15 is 0 Å². The number of rotatable bonds is 9. The Morgan fingerprint density at radius 2 is 1.85 bits per heavy atom. The number of H-pyrrole nitrogens is 1. The quantitative estimate of drug-likeness (QED) is 0.472. The average Bonchev–Trinajstić information content (AvgIpc) is 3.10. The number of hydrogen-bond acceptors (Lipinski definition) is 5. The van der Waals surface area contributed by atoms with Crippen molar-refractivity contribution in [2.45, 2.75) is 53.5 Å². The van der Waals surface area contributed by atoms with Gasteiger partial charge in [-0.2, -0.15) is 5.10 Å². The Bertz CT molecular complexity index is 1300. The number of aromatic amines is 1. The van der Waals surface area contributed by atoms with Gasteiger partial charge in [0, 0.05) is 30.4 Å². The highest BCUT2D eigenvalue weighted by molar-refractivity contribution is 6.05. The lowest BCUT2D eigenvalue weighted by Gasteiger charge is -2.23. The van der Waals surface area contributed by atoms with Gasteiger partial charge >= 0.3 is 5.69 Å². The molecule has 0 saturated carbocycles. The van der Waals surface area contributed by atoms with Crippen molar-refractivity contribution in [2.75, 3.05) is 17.2 Å². The highest BCUT2D eigenvalue weighted by Crippen LogP contribution is 2.21. The average molecular weight is 465 g/mol. The number of nitrogens with zero attached hydrogens (tertiary/aromatic N) is 4. The van der Waals surface area contributed by atoms with E-state index in [4.69, 9.17) is 5.73 Å². The third-order valence-corrected chi connectivity index (χ3v) is 5.67. The van der Waals surface area contributed by atoms with Gasteiger partial charge in [-0.25, -0.2) is 9.48 Å². The van der Waals surface area contributed by atoms with Crippen LogP contribution in [0.4, 0.5) is 11.5 Å². The molecule has 3 N–H and O–H groups in total. The number of nitrogens with one attached hydrogen (secondary N) is 1. The maximum Gasteiger partial charge on any atom is 0.330 e. The fourth-order valence-electron chi connectivity index (χ4n) is 3.89. The number of aromatic nitrogens is 4. The Balaban J connectivity index is 1.98. The Morgan fingerprint density at radius 1 is 1.15 bits per heavy atom. The number of unbranched alkanes of at least 4 members (excludes halogenated alkanes) is 1. The number of nitrogen functional groups attached to an aromatic ring is 1. The van der Waals surface area contributed by atoms with Crippen LogP contribution in [0.2, 0.25) is 0 Å². The first kappa shape index (κ1) is 24.8. The van der Waals surface area contributed by atoms with Crippen LogP contribution in [-0.4, -0.2) is 31.8 Å². The van der Waals surface area contributed by atoms with Crippen molar-refractivity contribution >= 4 is 23.5 Å². The second kappa shape index (κ2) is 10.8. The molecule has 0 saturated heterocycles. The van der Waals surface area contributed by atoms with Crippen LogP contribution in [0.25, 0.3) is 11.8 Å². The Morgan fingerprint density at radius 3 is 2.50 bits per heavy atom. The minimum atomic E-state index is -0.672. The lowest BCUT2D eigenvalue weighted by Crippen LogP contribution is -2.41. The van der Waals surface area contributed by atoms with Crippen molar-refractivity contribution in [1.29, 1.82) is 0 Å². The summed E-state index contributed by atoms with van der Waals surface area (Å²) in [7, 11) is 0. The first-order valence-electron chi connectivity index (χ1n) is 11.5. The topological polar surface area (TPSA) is 119 Å². The van der Waals surface area contributed by atoms with Gasteiger partial charge in [-0.1, -0.05) is 38.5 Å².